The molecule has 6 heteroatoms. The fourth-order valence-corrected chi connectivity index (χ4v) is 1.02. The van der Waals surface area contributed by atoms with E-state index in [1.54, 1.807) is 0 Å². The minimum absolute atomic E-state index is 0.000185. The van der Waals surface area contributed by atoms with Crippen LogP contribution >= 0.6 is 0 Å². The Labute approximate surface area is 78.2 Å². The molecule has 0 aliphatic rings. The second kappa shape index (κ2) is 3.25. The molecule has 0 fully saturated rings. The van der Waals surface area contributed by atoms with Crippen LogP contribution in [0.5, 0.6) is 0 Å². The van der Waals surface area contributed by atoms with E-state index in [0.717, 1.165) is 6.26 Å². The summed E-state index contributed by atoms with van der Waals surface area (Å²) < 4.78 is 4.57. The molecule has 2 aromatic heterocycles. The number of hydrogen-bond acceptors (Lipinski definition) is 5. The summed E-state index contributed by atoms with van der Waals surface area (Å²) in [4.78, 5) is 18.2. The third kappa shape index (κ3) is 1.33. The van der Waals surface area contributed by atoms with Crippen LogP contribution < -0.4 is 0 Å². The highest BCUT2D eigenvalue weighted by atomic mass is 16.5. The Balaban J connectivity index is 2.52. The van der Waals surface area contributed by atoms with Crippen LogP contribution in [0.4, 0.5) is 0 Å². The number of aromatic carboxylic acids is 1. The van der Waals surface area contributed by atoms with Crippen molar-refractivity contribution < 1.29 is 14.4 Å². The molecule has 0 radical (unpaired) electrons. The number of hydrogen-bond donors (Lipinski definition) is 1. The van der Waals surface area contributed by atoms with E-state index in [-0.39, 0.29) is 11.3 Å². The molecule has 2 aromatic rings. The zero-order valence-electron chi connectivity index (χ0n) is 6.91. The van der Waals surface area contributed by atoms with Crippen molar-refractivity contribution in [1.29, 1.82) is 0 Å². The van der Waals surface area contributed by atoms with Gasteiger partial charge in [-0.25, -0.2) is 14.8 Å². The van der Waals surface area contributed by atoms with Gasteiger partial charge < -0.3 is 9.63 Å². The fraction of sp³-hybridized carbons (Fsp3) is 0. The van der Waals surface area contributed by atoms with Crippen LogP contribution in [0.1, 0.15) is 10.4 Å². The van der Waals surface area contributed by atoms with Crippen LogP contribution in [0.2, 0.25) is 0 Å². The maximum Gasteiger partial charge on any atom is 0.341 e. The van der Waals surface area contributed by atoms with E-state index < -0.39 is 5.97 Å². The third-order valence-corrected chi connectivity index (χ3v) is 1.63. The molecule has 0 saturated heterocycles. The van der Waals surface area contributed by atoms with E-state index in [0.29, 0.717) is 5.56 Å². The fourth-order valence-electron chi connectivity index (χ4n) is 1.02. The van der Waals surface area contributed by atoms with Gasteiger partial charge in [-0.1, -0.05) is 5.16 Å². The van der Waals surface area contributed by atoms with Gasteiger partial charge in [-0.15, -0.1) is 0 Å². The molecule has 0 amide bonds. The van der Waals surface area contributed by atoms with Crippen molar-refractivity contribution in [1.82, 2.24) is 15.1 Å². The maximum absolute atomic E-state index is 10.7. The van der Waals surface area contributed by atoms with Gasteiger partial charge in [0.05, 0.1) is 0 Å². The number of carboxylic acids is 1. The zero-order chi connectivity index (χ0) is 9.97. The zero-order valence-corrected chi connectivity index (χ0v) is 6.91. The Morgan fingerprint density at radius 2 is 2.07 bits per heavy atom. The van der Waals surface area contributed by atoms with Gasteiger partial charge >= 0.3 is 5.97 Å². The van der Waals surface area contributed by atoms with Crippen molar-refractivity contribution in [2.45, 2.75) is 0 Å². The molecular formula is C8H5N3O3. The van der Waals surface area contributed by atoms with Crippen LogP contribution in [-0.2, 0) is 0 Å². The quantitative estimate of drug-likeness (QED) is 0.756. The first-order chi connectivity index (χ1) is 6.79. The maximum atomic E-state index is 10.7. The van der Waals surface area contributed by atoms with Gasteiger partial charge in [0.1, 0.15) is 23.8 Å². The summed E-state index contributed by atoms with van der Waals surface area (Å²) in [7, 11) is 0. The SMILES string of the molecule is O=C(O)c1conc1-c1cncnc1. The number of nitrogens with zero attached hydrogens (tertiary/aromatic N) is 3. The monoisotopic (exact) mass is 191 g/mol. The molecule has 0 atom stereocenters. The van der Waals surface area contributed by atoms with Gasteiger partial charge in [-0.05, 0) is 0 Å². The highest BCUT2D eigenvalue weighted by Crippen LogP contribution is 2.19. The molecule has 0 aliphatic heterocycles. The van der Waals surface area contributed by atoms with Gasteiger partial charge in [0.15, 0.2) is 0 Å². The first-order valence-electron chi connectivity index (χ1n) is 3.72. The van der Waals surface area contributed by atoms with E-state index in [1.165, 1.54) is 18.7 Å². The summed E-state index contributed by atoms with van der Waals surface area (Å²) in [6.45, 7) is 0. The summed E-state index contributed by atoms with van der Waals surface area (Å²) in [5.74, 6) is -1.09. The summed E-state index contributed by atoms with van der Waals surface area (Å²) in [6, 6.07) is 0. The molecule has 2 rings (SSSR count). The van der Waals surface area contributed by atoms with Gasteiger partial charge in [0.25, 0.3) is 0 Å². The van der Waals surface area contributed by atoms with Crippen molar-refractivity contribution in [3.8, 4) is 11.3 Å². The van der Waals surface area contributed by atoms with Crippen molar-refractivity contribution >= 4 is 5.97 Å². The molecule has 0 spiro atoms. The second-order valence-electron chi connectivity index (χ2n) is 2.51. The van der Waals surface area contributed by atoms with Crippen molar-refractivity contribution in [2.24, 2.45) is 0 Å². The summed E-state index contributed by atoms with van der Waals surface area (Å²) in [5, 5.41) is 12.3. The molecule has 14 heavy (non-hydrogen) atoms. The minimum Gasteiger partial charge on any atom is -0.477 e. The average molecular weight is 191 g/mol. The predicted octanol–water partition coefficient (Wildman–Crippen LogP) is 0.830. The first kappa shape index (κ1) is 8.36. The van der Waals surface area contributed by atoms with Gasteiger partial charge in [-0.3, -0.25) is 0 Å². The van der Waals surface area contributed by atoms with E-state index in [9.17, 15) is 4.79 Å². The lowest BCUT2D eigenvalue weighted by atomic mass is 10.1. The number of carboxylic acid groups (broad SMARTS) is 1. The van der Waals surface area contributed by atoms with Crippen molar-refractivity contribution in [3.63, 3.8) is 0 Å². The van der Waals surface area contributed by atoms with Crippen LogP contribution in [-0.4, -0.2) is 26.2 Å². The Morgan fingerprint density at radius 3 is 2.71 bits per heavy atom. The Morgan fingerprint density at radius 1 is 1.36 bits per heavy atom. The normalized spacial score (nSPS) is 10.0. The molecule has 0 unspecified atom stereocenters. The van der Waals surface area contributed by atoms with Crippen LogP contribution in [0, 0.1) is 0 Å². The smallest absolute Gasteiger partial charge is 0.341 e. The summed E-state index contributed by atoms with van der Waals surface area (Å²) >= 11 is 0. The van der Waals surface area contributed by atoms with Gasteiger partial charge in [0, 0.05) is 18.0 Å². The van der Waals surface area contributed by atoms with Crippen LogP contribution in [0.25, 0.3) is 11.3 Å². The molecule has 70 valence electrons. The topological polar surface area (TPSA) is 89.1 Å². The van der Waals surface area contributed by atoms with Crippen molar-refractivity contribution in [2.75, 3.05) is 0 Å². The van der Waals surface area contributed by atoms with E-state index >= 15 is 0 Å². The summed E-state index contributed by atoms with van der Waals surface area (Å²) in [5.41, 5.74) is 0.747. The lowest BCUT2D eigenvalue weighted by Crippen LogP contribution is -1.97. The highest BCUT2D eigenvalue weighted by molar-refractivity contribution is 5.94. The van der Waals surface area contributed by atoms with E-state index in [1.807, 2.05) is 0 Å². The first-order valence-corrected chi connectivity index (χ1v) is 3.72. The molecule has 6 nitrogen and oxygen atoms in total. The Bertz CT molecular complexity index is 452. The largest absolute Gasteiger partial charge is 0.477 e. The minimum atomic E-state index is -1.09. The lowest BCUT2D eigenvalue weighted by Gasteiger charge is -1.94. The molecule has 2 heterocycles. The lowest BCUT2D eigenvalue weighted by molar-refractivity contribution is 0.0697. The number of rotatable bonds is 2. The summed E-state index contributed by atoms with van der Waals surface area (Å²) in [6.07, 6.45) is 5.36. The van der Waals surface area contributed by atoms with Gasteiger partial charge in [0.2, 0.25) is 0 Å². The predicted molar refractivity (Wildman–Crippen MR) is 44.5 cm³/mol. The molecule has 0 aliphatic carbocycles. The van der Waals surface area contributed by atoms with E-state index in [4.69, 9.17) is 5.11 Å². The van der Waals surface area contributed by atoms with E-state index in [2.05, 4.69) is 19.6 Å². The number of carbonyl (C=O) groups is 1. The molecular weight excluding hydrogens is 186 g/mol. The second-order valence-corrected chi connectivity index (χ2v) is 2.51. The standard InChI is InChI=1S/C8H5N3O3/c12-8(13)6-3-14-11-7(6)5-1-9-4-10-2-5/h1-4H,(H,12,13). The Hall–Kier alpha value is -2.24. The number of aromatic nitrogens is 3. The van der Waals surface area contributed by atoms with Crippen LogP contribution in [0.3, 0.4) is 0 Å². The molecule has 1 N–H and O–H groups in total. The average Bonchev–Trinajstić information content (AvgIpc) is 2.67. The van der Waals surface area contributed by atoms with Crippen LogP contribution in [0.15, 0.2) is 29.5 Å². The third-order valence-electron chi connectivity index (χ3n) is 1.63. The molecule has 0 bridgehead atoms. The van der Waals surface area contributed by atoms with Crippen molar-refractivity contribution in [3.05, 3.63) is 30.5 Å². The Kier molecular flexibility index (Phi) is 1.94. The highest BCUT2D eigenvalue weighted by Gasteiger charge is 2.16. The molecule has 0 saturated carbocycles. The molecule has 0 aromatic carbocycles. The van der Waals surface area contributed by atoms with Gasteiger partial charge in [-0.2, -0.15) is 0 Å².